The molecule has 1 atom stereocenters. The second-order valence-electron chi connectivity index (χ2n) is 6.50. The lowest BCUT2D eigenvalue weighted by Crippen LogP contribution is -2.33. The molecule has 116 valence electrons. The van der Waals surface area contributed by atoms with Gasteiger partial charge in [0, 0.05) is 17.5 Å². The van der Waals surface area contributed by atoms with Crippen LogP contribution in [0.2, 0.25) is 0 Å². The van der Waals surface area contributed by atoms with Gasteiger partial charge < -0.3 is 0 Å². The molecule has 0 spiro atoms. The summed E-state index contributed by atoms with van der Waals surface area (Å²) >= 11 is 0. The molecule has 1 aromatic carbocycles. The van der Waals surface area contributed by atoms with Crippen LogP contribution in [0.15, 0.2) is 35.4 Å². The van der Waals surface area contributed by atoms with E-state index in [4.69, 9.17) is 0 Å². The van der Waals surface area contributed by atoms with Crippen molar-refractivity contribution in [2.75, 3.05) is 0 Å². The summed E-state index contributed by atoms with van der Waals surface area (Å²) in [6.07, 6.45) is 2.26. The highest BCUT2D eigenvalue weighted by Crippen LogP contribution is 2.51. The predicted octanol–water partition coefficient (Wildman–Crippen LogP) is 2.39. The third kappa shape index (κ3) is 2.47. The van der Waals surface area contributed by atoms with Crippen molar-refractivity contribution in [1.82, 2.24) is 9.71 Å². The number of aromatic nitrogens is 1. The van der Waals surface area contributed by atoms with Crippen molar-refractivity contribution in [2.24, 2.45) is 11.3 Å². The molecule has 0 saturated heterocycles. The Balaban J connectivity index is 2.03. The standard InChI is InChI=1S/C16H18N2O3S/c1-10-6-7-11-5-4-8-17-13(11)14(10)22(20,21)18-15(19)12-9-16(12,2)3/h4-8,12H,9H2,1-3H3,(H,18,19)/t12-/m1/s1. The minimum absolute atomic E-state index is 0.0809. The Bertz CT molecular complexity index is 872. The zero-order chi connectivity index (χ0) is 16.1. The number of fused-ring (bicyclic) bond motifs is 1. The van der Waals surface area contributed by atoms with Gasteiger partial charge in [-0.25, -0.2) is 13.1 Å². The molecule has 1 N–H and O–H groups in total. The minimum atomic E-state index is -3.93. The van der Waals surface area contributed by atoms with Crippen molar-refractivity contribution in [3.05, 3.63) is 36.0 Å². The Labute approximate surface area is 129 Å². The molecular formula is C16H18N2O3S. The number of rotatable bonds is 3. The van der Waals surface area contributed by atoms with Gasteiger partial charge in [0.25, 0.3) is 10.0 Å². The fourth-order valence-electron chi connectivity index (χ4n) is 2.73. The van der Waals surface area contributed by atoms with Gasteiger partial charge in [0.15, 0.2) is 0 Å². The van der Waals surface area contributed by atoms with E-state index in [-0.39, 0.29) is 16.2 Å². The summed E-state index contributed by atoms with van der Waals surface area (Å²) in [5.41, 5.74) is 0.838. The number of sulfonamides is 1. The van der Waals surface area contributed by atoms with Crippen molar-refractivity contribution in [3.63, 3.8) is 0 Å². The molecule has 0 aliphatic heterocycles. The Hall–Kier alpha value is -1.95. The largest absolute Gasteiger partial charge is 0.274 e. The van der Waals surface area contributed by atoms with Crippen LogP contribution in [0.4, 0.5) is 0 Å². The summed E-state index contributed by atoms with van der Waals surface area (Å²) in [5.74, 6) is -0.678. The maximum atomic E-state index is 12.6. The van der Waals surface area contributed by atoms with Gasteiger partial charge in [0.2, 0.25) is 5.91 Å². The first-order valence-corrected chi connectivity index (χ1v) is 8.62. The number of benzene rings is 1. The molecule has 3 rings (SSSR count). The monoisotopic (exact) mass is 318 g/mol. The number of nitrogens with one attached hydrogen (secondary N) is 1. The molecule has 0 radical (unpaired) electrons. The second kappa shape index (κ2) is 4.78. The lowest BCUT2D eigenvalue weighted by Gasteiger charge is -2.12. The third-order valence-electron chi connectivity index (χ3n) is 4.26. The van der Waals surface area contributed by atoms with E-state index in [1.807, 2.05) is 19.9 Å². The third-order valence-corrected chi connectivity index (χ3v) is 5.78. The summed E-state index contributed by atoms with van der Waals surface area (Å²) in [6.45, 7) is 5.61. The molecule has 1 heterocycles. The van der Waals surface area contributed by atoms with Crippen molar-refractivity contribution >= 4 is 26.8 Å². The molecule has 1 aromatic heterocycles. The van der Waals surface area contributed by atoms with Crippen LogP contribution in [0, 0.1) is 18.3 Å². The molecule has 22 heavy (non-hydrogen) atoms. The molecule has 1 amide bonds. The van der Waals surface area contributed by atoms with Gasteiger partial charge in [0.05, 0.1) is 5.52 Å². The molecule has 1 aliphatic carbocycles. The molecule has 5 nitrogen and oxygen atoms in total. The minimum Gasteiger partial charge on any atom is -0.274 e. The topological polar surface area (TPSA) is 76.1 Å². The fraction of sp³-hybridized carbons (Fsp3) is 0.375. The molecule has 1 saturated carbocycles. The smallest absolute Gasteiger partial charge is 0.266 e. The summed E-state index contributed by atoms with van der Waals surface area (Å²) < 4.78 is 27.5. The van der Waals surface area contributed by atoms with Crippen LogP contribution in [0.25, 0.3) is 10.9 Å². The average molecular weight is 318 g/mol. The Morgan fingerprint density at radius 3 is 2.64 bits per heavy atom. The number of nitrogens with zero attached hydrogens (tertiary/aromatic N) is 1. The zero-order valence-corrected chi connectivity index (χ0v) is 13.6. The number of hydrogen-bond donors (Lipinski definition) is 1. The highest BCUT2D eigenvalue weighted by molar-refractivity contribution is 7.90. The zero-order valence-electron chi connectivity index (χ0n) is 12.8. The lowest BCUT2D eigenvalue weighted by atomic mass is 10.1. The molecule has 1 aliphatic rings. The van der Waals surface area contributed by atoms with Gasteiger partial charge in [-0.05, 0) is 30.4 Å². The molecule has 1 fully saturated rings. The lowest BCUT2D eigenvalue weighted by molar-refractivity contribution is -0.121. The molecule has 0 unspecified atom stereocenters. The van der Waals surface area contributed by atoms with Gasteiger partial charge in [-0.2, -0.15) is 0 Å². The van der Waals surface area contributed by atoms with Gasteiger partial charge in [-0.1, -0.05) is 32.0 Å². The highest BCUT2D eigenvalue weighted by atomic mass is 32.2. The van der Waals surface area contributed by atoms with E-state index in [1.54, 1.807) is 31.3 Å². The van der Waals surface area contributed by atoms with Gasteiger partial charge in [0.1, 0.15) is 4.90 Å². The van der Waals surface area contributed by atoms with Crippen LogP contribution in [-0.2, 0) is 14.8 Å². The number of pyridine rings is 1. The van der Waals surface area contributed by atoms with Crippen molar-refractivity contribution in [2.45, 2.75) is 32.1 Å². The molecular weight excluding hydrogens is 300 g/mol. The summed E-state index contributed by atoms with van der Waals surface area (Å²) in [7, 11) is -3.93. The Kier molecular flexibility index (Phi) is 3.25. The fourth-order valence-corrected chi connectivity index (χ4v) is 4.15. The summed E-state index contributed by atoms with van der Waals surface area (Å²) in [5, 5.41) is 0.729. The van der Waals surface area contributed by atoms with E-state index in [1.165, 1.54) is 0 Å². The van der Waals surface area contributed by atoms with Crippen molar-refractivity contribution < 1.29 is 13.2 Å². The van der Waals surface area contributed by atoms with E-state index in [0.29, 0.717) is 17.5 Å². The van der Waals surface area contributed by atoms with E-state index < -0.39 is 15.9 Å². The highest BCUT2D eigenvalue weighted by Gasteiger charge is 2.51. The number of carbonyl (C=O) groups excluding carboxylic acids is 1. The van der Waals surface area contributed by atoms with Crippen LogP contribution in [0.3, 0.4) is 0 Å². The average Bonchev–Trinajstić information content (AvgIpc) is 3.07. The predicted molar refractivity (Wildman–Crippen MR) is 83.7 cm³/mol. The Morgan fingerprint density at radius 2 is 2.00 bits per heavy atom. The van der Waals surface area contributed by atoms with Crippen molar-refractivity contribution in [3.8, 4) is 0 Å². The maximum Gasteiger partial charge on any atom is 0.266 e. The first kappa shape index (κ1) is 15.0. The SMILES string of the molecule is Cc1ccc2cccnc2c1S(=O)(=O)NC(=O)[C@H]1CC1(C)C. The van der Waals surface area contributed by atoms with Crippen LogP contribution in [0.1, 0.15) is 25.8 Å². The van der Waals surface area contributed by atoms with E-state index >= 15 is 0 Å². The number of aryl methyl sites for hydroxylation is 1. The van der Waals surface area contributed by atoms with Gasteiger partial charge in [-0.3, -0.25) is 9.78 Å². The number of carbonyl (C=O) groups is 1. The van der Waals surface area contributed by atoms with Gasteiger partial charge >= 0.3 is 0 Å². The Morgan fingerprint density at radius 1 is 1.32 bits per heavy atom. The first-order chi connectivity index (χ1) is 10.2. The molecule has 2 aromatic rings. The van der Waals surface area contributed by atoms with E-state index in [2.05, 4.69) is 9.71 Å². The summed E-state index contributed by atoms with van der Waals surface area (Å²) in [4.78, 5) is 16.4. The molecule has 6 heteroatoms. The van der Waals surface area contributed by atoms with Crippen LogP contribution >= 0.6 is 0 Å². The van der Waals surface area contributed by atoms with E-state index in [9.17, 15) is 13.2 Å². The van der Waals surface area contributed by atoms with Gasteiger partial charge in [-0.15, -0.1) is 0 Å². The van der Waals surface area contributed by atoms with E-state index in [0.717, 1.165) is 5.39 Å². The van der Waals surface area contributed by atoms with Crippen molar-refractivity contribution in [1.29, 1.82) is 0 Å². The summed E-state index contributed by atoms with van der Waals surface area (Å²) in [6, 6.07) is 7.10. The number of hydrogen-bond acceptors (Lipinski definition) is 4. The quantitative estimate of drug-likeness (QED) is 0.943. The first-order valence-electron chi connectivity index (χ1n) is 7.13. The molecule has 0 bridgehead atoms. The number of amides is 1. The van der Waals surface area contributed by atoms with Crippen LogP contribution in [-0.4, -0.2) is 19.3 Å². The normalized spacial score (nSPS) is 19.9. The van der Waals surface area contributed by atoms with Crippen LogP contribution in [0.5, 0.6) is 0 Å². The maximum absolute atomic E-state index is 12.6. The van der Waals surface area contributed by atoms with Crippen LogP contribution < -0.4 is 4.72 Å². The second-order valence-corrected chi connectivity index (χ2v) is 8.12.